The largest absolute Gasteiger partial charge is 0.324 e. The SMILES string of the molecule is c1ccc(C2=NC(c3cccc(-n4c5cccc6c7ccccc7n7c8ccccc8c8ccc4c(c65)c87)c3)N=C(c3ccccc3)N2)cc1. The van der Waals surface area contributed by atoms with Gasteiger partial charge in [-0.25, -0.2) is 9.98 Å². The third kappa shape index (κ3) is 3.83. The van der Waals surface area contributed by atoms with Crippen LogP contribution in [0.3, 0.4) is 0 Å². The average Bonchev–Trinajstić information content (AvgIpc) is 3.67. The molecule has 1 aliphatic heterocycles. The number of hydrogen-bond donors (Lipinski definition) is 1. The quantitative estimate of drug-likeness (QED) is 0.205. The molecule has 10 aromatic rings. The Bertz CT molecular complexity index is 2950. The number of fused-ring (bicyclic) bond motifs is 6. The van der Waals surface area contributed by atoms with Crippen LogP contribution in [0.2, 0.25) is 0 Å². The van der Waals surface area contributed by atoms with Crippen molar-refractivity contribution in [2.75, 3.05) is 0 Å². The molecular weight excluding hydrogens is 611 g/mol. The second kappa shape index (κ2) is 10.4. The Hall–Kier alpha value is -6.72. The maximum absolute atomic E-state index is 5.18. The number of aliphatic imine (C=N–C) groups is 2. The van der Waals surface area contributed by atoms with Gasteiger partial charge in [0.1, 0.15) is 11.7 Å². The van der Waals surface area contributed by atoms with Crippen LogP contribution >= 0.6 is 0 Å². The zero-order valence-corrected chi connectivity index (χ0v) is 27.0. The zero-order chi connectivity index (χ0) is 32.8. The van der Waals surface area contributed by atoms with Crippen molar-refractivity contribution < 1.29 is 0 Å². The maximum atomic E-state index is 5.18. The minimum absolute atomic E-state index is 0.412. The highest BCUT2D eigenvalue weighted by molar-refractivity contribution is 6.33. The molecule has 0 radical (unpaired) electrons. The Morgan fingerprint density at radius 3 is 1.70 bits per heavy atom. The average molecular weight is 640 g/mol. The van der Waals surface area contributed by atoms with E-state index >= 15 is 0 Å². The molecule has 3 aromatic heterocycles. The molecule has 7 aromatic carbocycles. The summed E-state index contributed by atoms with van der Waals surface area (Å²) in [5, 5.41) is 11.1. The number of benzene rings is 7. The Labute approximate surface area is 287 Å². The molecule has 11 rings (SSSR count). The van der Waals surface area contributed by atoms with Crippen molar-refractivity contribution in [3.63, 3.8) is 0 Å². The Kier molecular flexibility index (Phi) is 5.66. The van der Waals surface area contributed by atoms with Crippen LogP contribution in [0.15, 0.2) is 174 Å². The van der Waals surface area contributed by atoms with Gasteiger partial charge in [0.05, 0.1) is 27.6 Å². The number of rotatable bonds is 4. The molecule has 0 saturated carbocycles. The van der Waals surface area contributed by atoms with Gasteiger partial charge in [0, 0.05) is 49.3 Å². The van der Waals surface area contributed by atoms with E-state index in [1.807, 2.05) is 36.4 Å². The number of hydrogen-bond acceptors (Lipinski definition) is 3. The lowest BCUT2D eigenvalue weighted by Crippen LogP contribution is -2.36. The summed E-state index contributed by atoms with van der Waals surface area (Å²) in [5.41, 5.74) is 10.2. The van der Waals surface area contributed by atoms with E-state index in [0.717, 1.165) is 34.0 Å². The number of aromatic nitrogens is 2. The van der Waals surface area contributed by atoms with Crippen LogP contribution in [0.5, 0.6) is 0 Å². The smallest absolute Gasteiger partial charge is 0.169 e. The fraction of sp³-hybridized carbons (Fsp3) is 0.0222. The van der Waals surface area contributed by atoms with Crippen LogP contribution in [0.1, 0.15) is 22.9 Å². The van der Waals surface area contributed by atoms with Gasteiger partial charge in [0.15, 0.2) is 6.17 Å². The highest BCUT2D eigenvalue weighted by Crippen LogP contribution is 2.45. The van der Waals surface area contributed by atoms with E-state index in [1.54, 1.807) is 0 Å². The number of para-hydroxylation sites is 2. The topological polar surface area (TPSA) is 46.1 Å². The summed E-state index contributed by atoms with van der Waals surface area (Å²) in [6.07, 6.45) is -0.412. The predicted molar refractivity (Wildman–Crippen MR) is 207 cm³/mol. The van der Waals surface area contributed by atoms with E-state index < -0.39 is 6.17 Å². The Morgan fingerprint density at radius 1 is 0.440 bits per heavy atom. The second-order valence-corrected chi connectivity index (χ2v) is 13.0. The molecule has 0 unspecified atom stereocenters. The fourth-order valence-corrected chi connectivity index (χ4v) is 8.16. The van der Waals surface area contributed by atoms with E-state index in [-0.39, 0.29) is 0 Å². The first-order valence-electron chi connectivity index (χ1n) is 17.0. The van der Waals surface area contributed by atoms with Crippen LogP contribution < -0.4 is 5.32 Å². The number of nitrogens with one attached hydrogen (secondary N) is 1. The summed E-state index contributed by atoms with van der Waals surface area (Å²) < 4.78 is 4.91. The number of amidine groups is 2. The highest BCUT2D eigenvalue weighted by Gasteiger charge is 2.24. The lowest BCUT2D eigenvalue weighted by molar-refractivity contribution is 0.755. The zero-order valence-electron chi connectivity index (χ0n) is 27.0. The molecule has 0 amide bonds. The second-order valence-electron chi connectivity index (χ2n) is 13.0. The lowest BCUT2D eigenvalue weighted by atomic mass is 10.0. The summed E-state index contributed by atoms with van der Waals surface area (Å²) in [6, 6.07) is 58.3. The van der Waals surface area contributed by atoms with Gasteiger partial charge in [-0.2, -0.15) is 0 Å². The summed E-state index contributed by atoms with van der Waals surface area (Å²) in [4.78, 5) is 10.4. The van der Waals surface area contributed by atoms with Gasteiger partial charge in [0.2, 0.25) is 0 Å². The molecule has 4 heterocycles. The summed E-state index contributed by atoms with van der Waals surface area (Å²) in [7, 11) is 0. The molecule has 1 aliphatic rings. The third-order valence-corrected chi connectivity index (χ3v) is 10.3. The van der Waals surface area contributed by atoms with Gasteiger partial charge in [-0.15, -0.1) is 0 Å². The standard InChI is InChI=1S/C45H29N5/c1-3-13-28(14-4-1)43-46-44(29-15-5-2-6-16-29)48-45(47-43)30-17-11-18-31(27-30)49-38-24-12-21-34-32-19-7-9-22-36(32)50-37-23-10-8-20-33(37)35-25-26-39(49)41(40(34)38)42(35)50/h1-27,45H,(H,46,47,48). The third-order valence-electron chi connectivity index (χ3n) is 10.3. The van der Waals surface area contributed by atoms with E-state index in [2.05, 4.69) is 142 Å². The molecule has 5 heteroatoms. The molecule has 0 atom stereocenters. The van der Waals surface area contributed by atoms with Crippen molar-refractivity contribution in [2.45, 2.75) is 6.17 Å². The fourth-order valence-electron chi connectivity index (χ4n) is 8.16. The normalized spacial score (nSPS) is 13.9. The molecule has 50 heavy (non-hydrogen) atoms. The van der Waals surface area contributed by atoms with Gasteiger partial charge in [0.25, 0.3) is 0 Å². The van der Waals surface area contributed by atoms with Gasteiger partial charge in [-0.05, 0) is 41.8 Å². The molecule has 0 bridgehead atoms. The Morgan fingerprint density at radius 2 is 1.00 bits per heavy atom. The molecule has 0 saturated heterocycles. The lowest BCUT2D eigenvalue weighted by Gasteiger charge is -2.22. The minimum Gasteiger partial charge on any atom is -0.324 e. The first-order valence-corrected chi connectivity index (χ1v) is 17.0. The molecular formula is C45H29N5. The van der Waals surface area contributed by atoms with Crippen molar-refractivity contribution >= 4 is 71.6 Å². The van der Waals surface area contributed by atoms with E-state index in [1.165, 1.54) is 59.9 Å². The van der Waals surface area contributed by atoms with Gasteiger partial charge in [-0.1, -0.05) is 127 Å². The van der Waals surface area contributed by atoms with Crippen molar-refractivity contribution in [2.24, 2.45) is 9.98 Å². The van der Waals surface area contributed by atoms with E-state index in [9.17, 15) is 0 Å². The summed E-state index contributed by atoms with van der Waals surface area (Å²) in [6.45, 7) is 0. The predicted octanol–water partition coefficient (Wildman–Crippen LogP) is 10.4. The van der Waals surface area contributed by atoms with Crippen LogP contribution in [0.4, 0.5) is 0 Å². The Balaban J connectivity index is 1.19. The molecule has 5 nitrogen and oxygen atoms in total. The first kappa shape index (κ1) is 27.3. The highest BCUT2D eigenvalue weighted by atomic mass is 15.2. The van der Waals surface area contributed by atoms with Gasteiger partial charge >= 0.3 is 0 Å². The minimum atomic E-state index is -0.412. The van der Waals surface area contributed by atoms with Gasteiger partial charge in [-0.3, -0.25) is 0 Å². The molecule has 0 fully saturated rings. The van der Waals surface area contributed by atoms with Crippen LogP contribution in [0, 0.1) is 0 Å². The van der Waals surface area contributed by atoms with E-state index in [4.69, 9.17) is 9.98 Å². The molecule has 0 spiro atoms. The summed E-state index contributed by atoms with van der Waals surface area (Å²) >= 11 is 0. The maximum Gasteiger partial charge on any atom is 0.169 e. The van der Waals surface area contributed by atoms with Crippen molar-refractivity contribution in [1.29, 1.82) is 0 Å². The van der Waals surface area contributed by atoms with E-state index in [0.29, 0.717) is 0 Å². The summed E-state index contributed by atoms with van der Waals surface area (Å²) in [5.74, 6) is 1.62. The monoisotopic (exact) mass is 639 g/mol. The van der Waals surface area contributed by atoms with Crippen LogP contribution in [-0.2, 0) is 0 Å². The van der Waals surface area contributed by atoms with Crippen molar-refractivity contribution in [3.05, 3.63) is 180 Å². The van der Waals surface area contributed by atoms with Crippen molar-refractivity contribution in [1.82, 2.24) is 14.3 Å². The van der Waals surface area contributed by atoms with Crippen LogP contribution in [0.25, 0.3) is 65.6 Å². The van der Waals surface area contributed by atoms with Crippen LogP contribution in [-0.4, -0.2) is 20.6 Å². The van der Waals surface area contributed by atoms with Crippen molar-refractivity contribution in [3.8, 4) is 5.69 Å². The molecule has 0 aliphatic carbocycles. The first-order chi connectivity index (χ1) is 24.8. The molecule has 1 N–H and O–H groups in total. The van der Waals surface area contributed by atoms with Gasteiger partial charge < -0.3 is 14.3 Å². The molecule has 234 valence electrons. The number of nitrogens with zero attached hydrogens (tertiary/aromatic N) is 4.